The van der Waals surface area contributed by atoms with Crippen LogP contribution < -0.4 is 5.32 Å². The SMILES string of the molecule is O=C(CCCN1C(=O)/C(=C/c2ccc(O)cc2)SC1=S)Nc1ccc([N+](=O)[O-])cc1. The zero-order valence-electron chi connectivity index (χ0n) is 15.6. The Morgan fingerprint density at radius 2 is 1.87 bits per heavy atom. The van der Waals surface area contributed by atoms with E-state index in [1.54, 1.807) is 18.2 Å². The minimum atomic E-state index is -0.510. The van der Waals surface area contributed by atoms with Gasteiger partial charge in [0.05, 0.1) is 9.83 Å². The molecule has 1 aliphatic rings. The average Bonchev–Trinajstić information content (AvgIpc) is 2.97. The van der Waals surface area contributed by atoms with Crippen molar-refractivity contribution in [2.75, 3.05) is 11.9 Å². The monoisotopic (exact) mass is 443 g/mol. The van der Waals surface area contributed by atoms with E-state index in [2.05, 4.69) is 5.32 Å². The average molecular weight is 444 g/mol. The molecule has 0 spiro atoms. The van der Waals surface area contributed by atoms with Gasteiger partial charge in [-0.2, -0.15) is 0 Å². The first-order valence-corrected chi connectivity index (χ1v) is 10.1. The summed E-state index contributed by atoms with van der Waals surface area (Å²) in [4.78, 5) is 36.8. The second-order valence-corrected chi connectivity index (χ2v) is 8.06. The van der Waals surface area contributed by atoms with Crippen molar-refractivity contribution in [1.82, 2.24) is 4.90 Å². The number of carbonyl (C=O) groups excluding carboxylic acids is 2. The zero-order chi connectivity index (χ0) is 21.7. The Hall–Kier alpha value is -3.24. The highest BCUT2D eigenvalue weighted by atomic mass is 32.2. The summed E-state index contributed by atoms with van der Waals surface area (Å²) in [6, 6.07) is 12.0. The number of nitrogens with zero attached hydrogens (tertiary/aromatic N) is 2. The Morgan fingerprint density at radius 1 is 1.20 bits per heavy atom. The molecule has 1 fully saturated rings. The molecule has 2 aromatic rings. The van der Waals surface area contributed by atoms with Gasteiger partial charge in [-0.25, -0.2) is 0 Å². The van der Waals surface area contributed by atoms with E-state index in [0.717, 1.165) is 5.56 Å². The number of phenols is 1. The molecule has 154 valence electrons. The summed E-state index contributed by atoms with van der Waals surface area (Å²) in [5.74, 6) is -0.325. The molecule has 8 nitrogen and oxygen atoms in total. The van der Waals surface area contributed by atoms with Crippen LogP contribution in [0.1, 0.15) is 18.4 Å². The van der Waals surface area contributed by atoms with E-state index in [1.165, 1.54) is 53.1 Å². The lowest BCUT2D eigenvalue weighted by Crippen LogP contribution is -2.29. The first-order valence-electron chi connectivity index (χ1n) is 8.92. The van der Waals surface area contributed by atoms with E-state index in [1.807, 2.05) is 0 Å². The highest BCUT2D eigenvalue weighted by molar-refractivity contribution is 8.26. The molecule has 0 saturated carbocycles. The predicted molar refractivity (Wildman–Crippen MR) is 119 cm³/mol. The van der Waals surface area contributed by atoms with E-state index < -0.39 is 4.92 Å². The fourth-order valence-corrected chi connectivity index (χ4v) is 4.01. The fourth-order valence-electron chi connectivity index (χ4n) is 2.70. The summed E-state index contributed by atoms with van der Waals surface area (Å²) < 4.78 is 0.431. The van der Waals surface area contributed by atoms with Gasteiger partial charge in [-0.1, -0.05) is 36.1 Å². The van der Waals surface area contributed by atoms with Crippen LogP contribution in [0.5, 0.6) is 5.75 Å². The third-order valence-corrected chi connectivity index (χ3v) is 5.59. The molecule has 0 atom stereocenters. The smallest absolute Gasteiger partial charge is 0.269 e. The lowest BCUT2D eigenvalue weighted by Gasteiger charge is -2.14. The van der Waals surface area contributed by atoms with Gasteiger partial charge < -0.3 is 10.4 Å². The molecular formula is C20H17N3O5S2. The second-order valence-electron chi connectivity index (χ2n) is 6.38. The Labute approximate surface area is 181 Å². The number of hydrogen-bond acceptors (Lipinski definition) is 7. The molecule has 0 bridgehead atoms. The molecule has 3 rings (SSSR count). The molecule has 1 aliphatic heterocycles. The number of nitrogens with one attached hydrogen (secondary N) is 1. The van der Waals surface area contributed by atoms with Crippen LogP contribution in [0, 0.1) is 10.1 Å². The molecule has 0 aromatic heterocycles. The largest absolute Gasteiger partial charge is 0.508 e. The molecule has 30 heavy (non-hydrogen) atoms. The standard InChI is InChI=1S/C20H17N3O5S2/c24-16-9-3-13(4-10-16)12-17-19(26)22(20(29)30-17)11-1-2-18(25)21-14-5-7-15(8-6-14)23(27)28/h3-10,12,24H,1-2,11H2,(H,21,25)/b17-12-. The highest BCUT2D eigenvalue weighted by Crippen LogP contribution is 2.33. The Morgan fingerprint density at radius 3 is 2.50 bits per heavy atom. The van der Waals surface area contributed by atoms with Crippen LogP contribution in [0.2, 0.25) is 0 Å². The van der Waals surface area contributed by atoms with Gasteiger partial charge in [-0.05, 0) is 42.3 Å². The number of benzene rings is 2. The first kappa shape index (κ1) is 21.5. The summed E-state index contributed by atoms with van der Waals surface area (Å²) in [6.07, 6.45) is 2.29. The van der Waals surface area contributed by atoms with Gasteiger partial charge in [0.1, 0.15) is 10.1 Å². The van der Waals surface area contributed by atoms with E-state index in [4.69, 9.17) is 12.2 Å². The van der Waals surface area contributed by atoms with Gasteiger partial charge in [0.2, 0.25) is 5.91 Å². The first-order chi connectivity index (χ1) is 14.3. The molecule has 0 radical (unpaired) electrons. The number of non-ortho nitro benzene ring substituents is 1. The van der Waals surface area contributed by atoms with Crippen molar-refractivity contribution in [3.8, 4) is 5.75 Å². The van der Waals surface area contributed by atoms with E-state index >= 15 is 0 Å². The van der Waals surface area contributed by atoms with Crippen molar-refractivity contribution >= 4 is 57.6 Å². The Bertz CT molecular complexity index is 1020. The number of carbonyl (C=O) groups is 2. The van der Waals surface area contributed by atoms with Gasteiger partial charge in [0.25, 0.3) is 11.6 Å². The minimum Gasteiger partial charge on any atom is -0.508 e. The lowest BCUT2D eigenvalue weighted by molar-refractivity contribution is -0.384. The maximum Gasteiger partial charge on any atom is 0.269 e. The van der Waals surface area contributed by atoms with Gasteiger partial charge in [-0.15, -0.1) is 0 Å². The van der Waals surface area contributed by atoms with Gasteiger partial charge in [-0.3, -0.25) is 24.6 Å². The van der Waals surface area contributed by atoms with Crippen molar-refractivity contribution in [3.63, 3.8) is 0 Å². The third-order valence-electron chi connectivity index (χ3n) is 4.21. The number of phenolic OH excluding ortho intramolecular Hbond substituents is 1. The van der Waals surface area contributed by atoms with Gasteiger partial charge in [0.15, 0.2) is 0 Å². The quantitative estimate of drug-likeness (QED) is 0.289. The van der Waals surface area contributed by atoms with Crippen molar-refractivity contribution in [2.24, 2.45) is 0 Å². The predicted octanol–water partition coefficient (Wildman–Crippen LogP) is 3.92. The maximum absolute atomic E-state index is 12.6. The van der Waals surface area contributed by atoms with Crippen LogP contribution in [0.15, 0.2) is 53.4 Å². The molecule has 2 amide bonds. The van der Waals surface area contributed by atoms with E-state index in [9.17, 15) is 24.8 Å². The van der Waals surface area contributed by atoms with E-state index in [0.29, 0.717) is 27.9 Å². The number of nitro groups is 1. The van der Waals surface area contributed by atoms with Crippen LogP contribution in [-0.4, -0.2) is 37.6 Å². The number of rotatable bonds is 7. The number of anilines is 1. The van der Waals surface area contributed by atoms with Crippen LogP contribution >= 0.6 is 24.0 Å². The van der Waals surface area contributed by atoms with Crippen molar-refractivity contribution in [3.05, 3.63) is 69.1 Å². The van der Waals surface area contributed by atoms with Crippen LogP contribution in [0.3, 0.4) is 0 Å². The molecule has 0 unspecified atom stereocenters. The summed E-state index contributed by atoms with van der Waals surface area (Å²) in [7, 11) is 0. The van der Waals surface area contributed by atoms with Crippen molar-refractivity contribution in [1.29, 1.82) is 0 Å². The molecule has 1 heterocycles. The van der Waals surface area contributed by atoms with Gasteiger partial charge >= 0.3 is 0 Å². The Kier molecular flexibility index (Phi) is 6.80. The van der Waals surface area contributed by atoms with Crippen molar-refractivity contribution < 1.29 is 19.6 Å². The summed E-state index contributed by atoms with van der Waals surface area (Å²) in [5, 5.41) is 22.7. The summed E-state index contributed by atoms with van der Waals surface area (Å²) >= 11 is 6.48. The molecule has 1 saturated heterocycles. The zero-order valence-corrected chi connectivity index (χ0v) is 17.2. The second kappa shape index (κ2) is 9.51. The highest BCUT2D eigenvalue weighted by Gasteiger charge is 2.31. The Balaban J connectivity index is 1.51. The molecule has 2 N–H and O–H groups in total. The van der Waals surface area contributed by atoms with Crippen LogP contribution in [0.4, 0.5) is 11.4 Å². The number of thioether (sulfide) groups is 1. The normalized spacial score (nSPS) is 14.9. The lowest BCUT2D eigenvalue weighted by atomic mass is 10.2. The van der Waals surface area contributed by atoms with E-state index in [-0.39, 0.29) is 29.7 Å². The molecule has 2 aromatic carbocycles. The fraction of sp³-hybridized carbons (Fsp3) is 0.150. The van der Waals surface area contributed by atoms with Crippen LogP contribution in [-0.2, 0) is 9.59 Å². The third kappa shape index (κ3) is 5.43. The summed E-state index contributed by atoms with van der Waals surface area (Å²) in [6.45, 7) is 0.311. The number of hydrogen-bond donors (Lipinski definition) is 2. The topological polar surface area (TPSA) is 113 Å². The number of aromatic hydroxyl groups is 1. The minimum absolute atomic E-state index is 0.0530. The van der Waals surface area contributed by atoms with Crippen molar-refractivity contribution in [2.45, 2.75) is 12.8 Å². The number of amides is 2. The van der Waals surface area contributed by atoms with Gasteiger partial charge in [0, 0.05) is 30.8 Å². The maximum atomic E-state index is 12.6. The molecule has 10 heteroatoms. The summed E-state index contributed by atoms with van der Waals surface area (Å²) in [5.41, 5.74) is 1.19. The number of nitro benzene ring substituents is 1. The molecular weight excluding hydrogens is 426 g/mol. The molecule has 0 aliphatic carbocycles. The van der Waals surface area contributed by atoms with Crippen LogP contribution in [0.25, 0.3) is 6.08 Å². The number of thiocarbonyl (C=S) groups is 1.